The Morgan fingerprint density at radius 1 is 0.848 bits per heavy atom. The van der Waals surface area contributed by atoms with Crippen molar-refractivity contribution >= 4 is 16.0 Å². The van der Waals surface area contributed by atoms with Gasteiger partial charge in [-0.25, -0.2) is 12.4 Å². The molecule has 0 amide bonds. The van der Waals surface area contributed by atoms with E-state index in [4.69, 9.17) is 4.74 Å². The minimum Gasteiger partial charge on any atom is -0.466 e. The number of aryl methyl sites for hydroxylation is 1. The van der Waals surface area contributed by atoms with Crippen LogP contribution in [0.25, 0.3) is 22.4 Å². The molecule has 5 nitrogen and oxygen atoms in total. The second kappa shape index (κ2) is 9.46. The zero-order valence-electron chi connectivity index (χ0n) is 18.6. The fourth-order valence-electron chi connectivity index (χ4n) is 3.82. The summed E-state index contributed by atoms with van der Waals surface area (Å²) in [4.78, 5) is 12.7. The third-order valence-corrected chi connectivity index (χ3v) is 7.15. The highest BCUT2D eigenvalue weighted by Crippen LogP contribution is 2.36. The third-order valence-electron chi connectivity index (χ3n) is 5.39. The van der Waals surface area contributed by atoms with Gasteiger partial charge < -0.3 is 4.74 Å². The highest BCUT2D eigenvalue weighted by atomic mass is 32.2. The lowest BCUT2D eigenvalue weighted by Crippen LogP contribution is -2.20. The highest BCUT2D eigenvalue weighted by molar-refractivity contribution is 7.90. The van der Waals surface area contributed by atoms with Gasteiger partial charge in [-0.3, -0.25) is 4.79 Å². The molecule has 0 fully saturated rings. The molecule has 0 saturated carbocycles. The van der Waals surface area contributed by atoms with Gasteiger partial charge in [-0.2, -0.15) is 0 Å². The molecule has 6 heteroatoms. The van der Waals surface area contributed by atoms with Gasteiger partial charge in [0.15, 0.2) is 0 Å². The Balaban J connectivity index is 2.04. The molecule has 33 heavy (non-hydrogen) atoms. The summed E-state index contributed by atoms with van der Waals surface area (Å²) in [6, 6.07) is 27.4. The number of aromatic nitrogens is 1. The van der Waals surface area contributed by atoms with Gasteiger partial charge in [0.05, 0.1) is 29.3 Å². The van der Waals surface area contributed by atoms with Crippen LogP contribution in [-0.4, -0.2) is 25.0 Å². The van der Waals surface area contributed by atoms with Gasteiger partial charge in [0, 0.05) is 5.56 Å². The van der Waals surface area contributed by atoms with Crippen LogP contribution in [0.15, 0.2) is 95.9 Å². The van der Waals surface area contributed by atoms with Crippen molar-refractivity contribution in [1.29, 1.82) is 0 Å². The maximum Gasteiger partial charge on any atom is 0.311 e. The number of carbonyl (C=O) groups is 1. The van der Waals surface area contributed by atoms with Gasteiger partial charge in [0.1, 0.15) is 0 Å². The number of ether oxygens (including phenoxy) is 1. The summed E-state index contributed by atoms with van der Waals surface area (Å²) >= 11 is 0. The molecule has 3 aromatic carbocycles. The molecule has 0 radical (unpaired) electrons. The summed E-state index contributed by atoms with van der Waals surface area (Å²) in [5.74, 6) is -0.479. The first-order valence-electron chi connectivity index (χ1n) is 10.7. The normalized spacial score (nSPS) is 11.3. The maximum atomic E-state index is 14.0. The lowest BCUT2D eigenvalue weighted by atomic mass is 10.0. The Morgan fingerprint density at radius 3 is 2.00 bits per heavy atom. The zero-order chi connectivity index (χ0) is 23.4. The molecule has 0 aliphatic carbocycles. The average molecular weight is 460 g/mol. The molecule has 0 atom stereocenters. The number of esters is 1. The molecule has 0 unspecified atom stereocenters. The standard InChI is InChI=1S/C27H25NO4S/c1-3-32-27(29)19-26-24(21-10-6-4-7-11-21)18-25(22-12-8-5-9-13-22)28(26)33(30,31)23-16-14-20(2)15-17-23/h4-18H,3,19H2,1-2H3. The van der Waals surface area contributed by atoms with Crippen molar-refractivity contribution in [3.63, 3.8) is 0 Å². The van der Waals surface area contributed by atoms with E-state index in [0.717, 1.165) is 16.7 Å². The molecule has 0 aliphatic heterocycles. The second-order valence-electron chi connectivity index (χ2n) is 7.69. The van der Waals surface area contributed by atoms with Crippen molar-refractivity contribution in [3.8, 4) is 22.4 Å². The molecule has 0 spiro atoms. The lowest BCUT2D eigenvalue weighted by molar-refractivity contribution is -0.142. The topological polar surface area (TPSA) is 65.4 Å². The second-order valence-corrected chi connectivity index (χ2v) is 9.47. The summed E-state index contributed by atoms with van der Waals surface area (Å²) in [6.07, 6.45) is -0.171. The van der Waals surface area contributed by atoms with Gasteiger partial charge in [-0.1, -0.05) is 78.4 Å². The van der Waals surface area contributed by atoms with Crippen molar-refractivity contribution in [1.82, 2.24) is 3.97 Å². The predicted octanol–water partition coefficient (Wildman–Crippen LogP) is 5.47. The van der Waals surface area contributed by atoms with Crippen molar-refractivity contribution < 1.29 is 17.9 Å². The van der Waals surface area contributed by atoms with Gasteiger partial charge >= 0.3 is 5.97 Å². The van der Waals surface area contributed by atoms with Crippen LogP contribution < -0.4 is 0 Å². The highest BCUT2D eigenvalue weighted by Gasteiger charge is 2.29. The minimum absolute atomic E-state index is 0.158. The van der Waals surface area contributed by atoms with Crippen molar-refractivity contribution in [3.05, 3.63) is 102 Å². The van der Waals surface area contributed by atoms with E-state index in [-0.39, 0.29) is 17.9 Å². The number of rotatable bonds is 7. The summed E-state index contributed by atoms with van der Waals surface area (Å²) in [6.45, 7) is 3.85. The monoisotopic (exact) mass is 459 g/mol. The summed E-state index contributed by atoms with van der Waals surface area (Å²) in [7, 11) is -4.00. The quantitative estimate of drug-likeness (QED) is 0.344. The first-order chi connectivity index (χ1) is 15.9. The first-order valence-corrected chi connectivity index (χ1v) is 12.2. The average Bonchev–Trinajstić information content (AvgIpc) is 3.20. The van der Waals surface area contributed by atoms with Crippen molar-refractivity contribution in [2.45, 2.75) is 25.2 Å². The van der Waals surface area contributed by atoms with Crippen LogP contribution in [0.4, 0.5) is 0 Å². The van der Waals surface area contributed by atoms with Crippen LogP contribution in [0.2, 0.25) is 0 Å². The van der Waals surface area contributed by atoms with E-state index in [2.05, 4.69) is 0 Å². The summed E-state index contributed by atoms with van der Waals surface area (Å²) in [5, 5.41) is 0. The molecule has 4 rings (SSSR count). The molecule has 1 heterocycles. The Kier molecular flexibility index (Phi) is 6.47. The Labute approximate surface area is 194 Å². The van der Waals surface area contributed by atoms with E-state index in [0.29, 0.717) is 17.0 Å². The van der Waals surface area contributed by atoms with E-state index >= 15 is 0 Å². The summed E-state index contributed by atoms with van der Waals surface area (Å²) < 4.78 is 34.4. The first kappa shape index (κ1) is 22.6. The largest absolute Gasteiger partial charge is 0.466 e. The molecule has 0 saturated heterocycles. The van der Waals surface area contributed by atoms with Gasteiger partial charge in [0.25, 0.3) is 10.0 Å². The van der Waals surface area contributed by atoms with E-state index < -0.39 is 16.0 Å². The van der Waals surface area contributed by atoms with E-state index in [1.54, 1.807) is 31.2 Å². The SMILES string of the molecule is CCOC(=O)Cc1c(-c2ccccc2)cc(-c2ccccc2)n1S(=O)(=O)c1ccc(C)cc1. The molecule has 0 aliphatic rings. The Morgan fingerprint density at radius 2 is 1.42 bits per heavy atom. The smallest absolute Gasteiger partial charge is 0.311 e. The van der Waals surface area contributed by atoms with Gasteiger partial charge in [-0.15, -0.1) is 0 Å². The molecule has 168 valence electrons. The molecular weight excluding hydrogens is 434 g/mol. The van der Waals surface area contributed by atoms with Gasteiger partial charge in [0.2, 0.25) is 0 Å². The van der Waals surface area contributed by atoms with Crippen LogP contribution in [0.5, 0.6) is 0 Å². The molecule has 0 bridgehead atoms. The van der Waals surface area contributed by atoms with Crippen LogP contribution in [0, 0.1) is 6.92 Å². The minimum atomic E-state index is -4.00. The number of carbonyl (C=O) groups excluding carboxylic acids is 1. The van der Waals surface area contributed by atoms with Crippen LogP contribution in [-0.2, 0) is 26.0 Å². The van der Waals surface area contributed by atoms with E-state index in [1.165, 1.54) is 3.97 Å². The zero-order valence-corrected chi connectivity index (χ0v) is 19.4. The fraction of sp³-hybridized carbons (Fsp3) is 0.148. The van der Waals surface area contributed by atoms with E-state index in [9.17, 15) is 13.2 Å². The van der Waals surface area contributed by atoms with Crippen molar-refractivity contribution in [2.24, 2.45) is 0 Å². The van der Waals surface area contributed by atoms with Gasteiger partial charge in [-0.05, 0) is 43.2 Å². The molecular formula is C27H25NO4S. The Hall–Kier alpha value is -3.64. The summed E-state index contributed by atoms with van der Waals surface area (Å²) in [5.41, 5.74) is 4.07. The molecule has 1 aromatic heterocycles. The number of hydrogen-bond acceptors (Lipinski definition) is 4. The Bertz CT molecular complexity index is 1360. The van der Waals surface area contributed by atoms with Crippen LogP contribution in [0.3, 0.4) is 0 Å². The maximum absolute atomic E-state index is 14.0. The molecule has 0 N–H and O–H groups in total. The fourth-order valence-corrected chi connectivity index (χ4v) is 5.38. The number of hydrogen-bond donors (Lipinski definition) is 0. The van der Waals surface area contributed by atoms with Crippen molar-refractivity contribution in [2.75, 3.05) is 6.61 Å². The van der Waals surface area contributed by atoms with Crippen LogP contribution in [0.1, 0.15) is 18.2 Å². The lowest BCUT2D eigenvalue weighted by Gasteiger charge is -2.15. The number of benzene rings is 3. The van der Waals surface area contributed by atoms with Crippen LogP contribution >= 0.6 is 0 Å². The predicted molar refractivity (Wildman–Crippen MR) is 129 cm³/mol. The third kappa shape index (κ3) is 4.61. The van der Waals surface area contributed by atoms with E-state index in [1.807, 2.05) is 73.7 Å². The molecule has 4 aromatic rings. The number of nitrogens with zero attached hydrogens (tertiary/aromatic N) is 1.